The fourth-order valence-corrected chi connectivity index (χ4v) is 2.70. The van der Waals surface area contributed by atoms with Crippen molar-refractivity contribution in [3.8, 4) is 5.75 Å². The molecule has 1 saturated heterocycles. The molecule has 3 nitrogen and oxygen atoms in total. The van der Waals surface area contributed by atoms with Crippen LogP contribution in [0.1, 0.15) is 17.2 Å². The van der Waals surface area contributed by atoms with Crippen LogP contribution in [0.5, 0.6) is 5.75 Å². The molecule has 1 aliphatic rings. The summed E-state index contributed by atoms with van der Waals surface area (Å²) in [4.78, 5) is 2.30. The van der Waals surface area contributed by atoms with Crippen LogP contribution in [0.25, 0.3) is 0 Å². The van der Waals surface area contributed by atoms with Gasteiger partial charge in [0.15, 0.2) is 0 Å². The smallest absolute Gasteiger partial charge is 0.123 e. The molecule has 0 aliphatic carbocycles. The van der Waals surface area contributed by atoms with Crippen LogP contribution in [0.2, 0.25) is 5.02 Å². The van der Waals surface area contributed by atoms with Crippen molar-refractivity contribution < 1.29 is 5.11 Å². The van der Waals surface area contributed by atoms with Crippen LogP contribution in [0.15, 0.2) is 24.8 Å². The lowest BCUT2D eigenvalue weighted by Gasteiger charge is -2.34. The molecular weight excluding hydrogens is 319 g/mol. The van der Waals surface area contributed by atoms with Gasteiger partial charge in [-0.15, -0.1) is 31.4 Å². The average Bonchev–Trinajstić information content (AvgIpc) is 2.37. The summed E-state index contributed by atoms with van der Waals surface area (Å²) in [7, 11) is 0. The third-order valence-electron chi connectivity index (χ3n) is 3.38. The Hall–Kier alpha value is -0.450. The van der Waals surface area contributed by atoms with Gasteiger partial charge in [0.05, 0.1) is 6.04 Å². The summed E-state index contributed by atoms with van der Waals surface area (Å²) in [6.45, 7) is 9.58. The minimum atomic E-state index is 0. The number of rotatable bonds is 3. The summed E-state index contributed by atoms with van der Waals surface area (Å²) >= 11 is 6.09. The summed E-state index contributed by atoms with van der Waals surface area (Å²) in [5.74, 6) is 0.322. The maximum absolute atomic E-state index is 10.2. The number of nitrogens with one attached hydrogen (secondary N) is 1. The molecule has 1 aromatic carbocycles. The molecule has 0 amide bonds. The number of phenols is 1. The normalized spacial score (nSPS) is 16.7. The number of piperazine rings is 1. The predicted molar refractivity (Wildman–Crippen MR) is 89.7 cm³/mol. The molecule has 0 unspecified atom stereocenters. The highest BCUT2D eigenvalue weighted by Crippen LogP contribution is 2.34. The van der Waals surface area contributed by atoms with Crippen molar-refractivity contribution >= 4 is 36.4 Å². The molecule has 0 radical (unpaired) electrons. The number of phenolic OH excluding ortho intramolecular Hbond substituents is 1. The molecular formula is C14H21Cl3N2O. The van der Waals surface area contributed by atoms with Gasteiger partial charge in [-0.25, -0.2) is 0 Å². The van der Waals surface area contributed by atoms with E-state index in [-0.39, 0.29) is 30.9 Å². The Balaban J connectivity index is 0.00000180. The maximum atomic E-state index is 10.2. The van der Waals surface area contributed by atoms with Crippen LogP contribution in [0.3, 0.4) is 0 Å². The molecule has 1 aliphatic heterocycles. The first-order valence-corrected chi connectivity index (χ1v) is 6.57. The number of halogens is 3. The number of aryl methyl sites for hydroxylation is 1. The SMILES string of the molecule is C=C[C@H](c1cc(Cl)cc(C)c1O)N1CCNCC1.Cl.Cl. The number of aromatic hydroxyl groups is 1. The van der Waals surface area contributed by atoms with Crippen LogP contribution in [-0.4, -0.2) is 36.2 Å². The quantitative estimate of drug-likeness (QED) is 0.829. The second-order valence-corrected chi connectivity index (χ2v) is 5.06. The standard InChI is InChI=1S/C14H19ClN2O.2ClH/c1-3-13(17-6-4-16-5-7-17)12-9-11(15)8-10(2)14(12)18;;/h3,8-9,13,16,18H,1,4-7H2,2H3;2*1H/t13-;;/m1../s1. The largest absolute Gasteiger partial charge is 0.507 e. The maximum Gasteiger partial charge on any atom is 0.123 e. The Morgan fingerprint density at radius 2 is 1.95 bits per heavy atom. The Kier molecular flexibility index (Phi) is 8.56. The van der Waals surface area contributed by atoms with Crippen molar-refractivity contribution in [3.05, 3.63) is 40.9 Å². The molecule has 20 heavy (non-hydrogen) atoms. The zero-order chi connectivity index (χ0) is 13.1. The zero-order valence-corrected chi connectivity index (χ0v) is 13.8. The van der Waals surface area contributed by atoms with E-state index in [1.807, 2.05) is 19.1 Å². The van der Waals surface area contributed by atoms with E-state index in [2.05, 4.69) is 16.8 Å². The molecule has 6 heteroatoms. The zero-order valence-electron chi connectivity index (χ0n) is 11.4. The van der Waals surface area contributed by atoms with E-state index in [0.717, 1.165) is 37.3 Å². The lowest BCUT2D eigenvalue weighted by Crippen LogP contribution is -2.44. The van der Waals surface area contributed by atoms with Crippen molar-refractivity contribution in [2.24, 2.45) is 0 Å². The average molecular weight is 340 g/mol. The van der Waals surface area contributed by atoms with Gasteiger partial charge in [-0.05, 0) is 24.6 Å². The van der Waals surface area contributed by atoms with Crippen LogP contribution in [-0.2, 0) is 0 Å². The summed E-state index contributed by atoms with van der Waals surface area (Å²) in [5, 5.41) is 14.2. The van der Waals surface area contributed by atoms with E-state index in [9.17, 15) is 5.11 Å². The number of benzene rings is 1. The van der Waals surface area contributed by atoms with Gasteiger partial charge in [-0.2, -0.15) is 0 Å². The second kappa shape index (κ2) is 8.75. The summed E-state index contributed by atoms with van der Waals surface area (Å²) < 4.78 is 0. The van der Waals surface area contributed by atoms with Crippen molar-refractivity contribution in [3.63, 3.8) is 0 Å². The Morgan fingerprint density at radius 3 is 2.50 bits per heavy atom. The number of hydrogen-bond acceptors (Lipinski definition) is 3. The Bertz CT molecular complexity index is 448. The summed E-state index contributed by atoms with van der Waals surface area (Å²) in [5.41, 5.74) is 1.65. The second-order valence-electron chi connectivity index (χ2n) is 4.63. The molecule has 114 valence electrons. The first kappa shape index (κ1) is 19.6. The van der Waals surface area contributed by atoms with Crippen LogP contribution in [0, 0.1) is 6.92 Å². The topological polar surface area (TPSA) is 35.5 Å². The molecule has 1 atom stereocenters. The third-order valence-corrected chi connectivity index (χ3v) is 3.60. The van der Waals surface area contributed by atoms with Gasteiger partial charge in [-0.3, -0.25) is 4.90 Å². The van der Waals surface area contributed by atoms with E-state index in [4.69, 9.17) is 11.6 Å². The molecule has 0 bridgehead atoms. The Morgan fingerprint density at radius 1 is 1.35 bits per heavy atom. The van der Waals surface area contributed by atoms with E-state index in [1.54, 1.807) is 6.07 Å². The summed E-state index contributed by atoms with van der Waals surface area (Å²) in [6, 6.07) is 3.63. The molecule has 0 spiro atoms. The lowest BCUT2D eigenvalue weighted by molar-refractivity contribution is 0.201. The monoisotopic (exact) mass is 338 g/mol. The number of nitrogens with zero attached hydrogens (tertiary/aromatic N) is 1. The Labute approximate surface area is 137 Å². The highest BCUT2D eigenvalue weighted by Gasteiger charge is 2.22. The molecule has 2 N–H and O–H groups in total. The highest BCUT2D eigenvalue weighted by atomic mass is 35.5. The minimum absolute atomic E-state index is 0. The third kappa shape index (κ3) is 4.27. The van der Waals surface area contributed by atoms with E-state index < -0.39 is 0 Å². The van der Waals surface area contributed by atoms with Gasteiger partial charge in [0.1, 0.15) is 5.75 Å². The van der Waals surface area contributed by atoms with Crippen molar-refractivity contribution in [2.75, 3.05) is 26.2 Å². The fourth-order valence-electron chi connectivity index (χ4n) is 2.42. The van der Waals surface area contributed by atoms with E-state index in [1.165, 1.54) is 0 Å². The van der Waals surface area contributed by atoms with Gasteiger partial charge in [-0.1, -0.05) is 17.7 Å². The molecule has 1 fully saturated rings. The van der Waals surface area contributed by atoms with Gasteiger partial charge < -0.3 is 10.4 Å². The van der Waals surface area contributed by atoms with E-state index in [0.29, 0.717) is 10.8 Å². The number of hydrogen-bond donors (Lipinski definition) is 2. The van der Waals surface area contributed by atoms with E-state index >= 15 is 0 Å². The van der Waals surface area contributed by atoms with Crippen molar-refractivity contribution in [2.45, 2.75) is 13.0 Å². The van der Waals surface area contributed by atoms with Gasteiger partial charge in [0, 0.05) is 36.8 Å². The molecule has 1 aromatic rings. The first-order valence-electron chi connectivity index (χ1n) is 6.20. The molecule has 0 saturated carbocycles. The van der Waals surface area contributed by atoms with Gasteiger partial charge in [0.25, 0.3) is 0 Å². The fraction of sp³-hybridized carbons (Fsp3) is 0.429. The first-order chi connectivity index (χ1) is 8.63. The summed E-state index contributed by atoms with van der Waals surface area (Å²) in [6.07, 6.45) is 1.87. The van der Waals surface area contributed by atoms with Crippen molar-refractivity contribution in [1.29, 1.82) is 0 Å². The van der Waals surface area contributed by atoms with Gasteiger partial charge >= 0.3 is 0 Å². The van der Waals surface area contributed by atoms with Crippen molar-refractivity contribution in [1.82, 2.24) is 10.2 Å². The van der Waals surface area contributed by atoms with Gasteiger partial charge in [0.2, 0.25) is 0 Å². The highest BCUT2D eigenvalue weighted by molar-refractivity contribution is 6.30. The minimum Gasteiger partial charge on any atom is -0.507 e. The van der Waals surface area contributed by atoms with Crippen LogP contribution >= 0.6 is 36.4 Å². The van der Waals surface area contributed by atoms with Crippen LogP contribution in [0.4, 0.5) is 0 Å². The molecule has 0 aromatic heterocycles. The molecule has 1 heterocycles. The van der Waals surface area contributed by atoms with Crippen LogP contribution < -0.4 is 5.32 Å². The predicted octanol–water partition coefficient (Wildman–Crippen LogP) is 3.33. The lowest BCUT2D eigenvalue weighted by atomic mass is 10.0. The molecule has 2 rings (SSSR count).